The van der Waals surface area contributed by atoms with E-state index in [1.54, 1.807) is 0 Å². The first kappa shape index (κ1) is 12.6. The highest BCUT2D eigenvalue weighted by atomic mass is 14.9. The summed E-state index contributed by atoms with van der Waals surface area (Å²) in [4.78, 5) is 0. The highest BCUT2D eigenvalue weighted by Crippen LogP contribution is 2.53. The average molecular weight is 232 g/mol. The molecule has 0 saturated heterocycles. The second-order valence-electron chi connectivity index (χ2n) is 5.36. The molecular weight excluding hydrogens is 208 g/mol. The van der Waals surface area contributed by atoms with Crippen molar-refractivity contribution < 1.29 is 0 Å². The fourth-order valence-electron chi connectivity index (χ4n) is 2.64. The second-order valence-corrected chi connectivity index (χ2v) is 5.36. The first-order valence-corrected chi connectivity index (χ1v) is 6.71. The minimum Gasteiger partial charge on any atom is -0.323 e. The van der Waals surface area contributed by atoms with Gasteiger partial charge in [-0.2, -0.15) is 0 Å². The molecule has 2 nitrogen and oxygen atoms in total. The lowest BCUT2D eigenvalue weighted by Gasteiger charge is -2.23. The lowest BCUT2D eigenvalue weighted by atomic mass is 9.90. The molecule has 0 radical (unpaired) electrons. The summed E-state index contributed by atoms with van der Waals surface area (Å²) >= 11 is 0. The molecule has 0 heterocycles. The van der Waals surface area contributed by atoms with Crippen molar-refractivity contribution in [2.24, 2.45) is 11.1 Å². The monoisotopic (exact) mass is 232 g/mol. The number of hydrogen-bond acceptors (Lipinski definition) is 2. The van der Waals surface area contributed by atoms with E-state index in [4.69, 9.17) is 5.73 Å². The summed E-state index contributed by atoms with van der Waals surface area (Å²) < 4.78 is 0. The molecular formula is C15H24N2. The van der Waals surface area contributed by atoms with Gasteiger partial charge in [0.05, 0.1) is 0 Å². The maximum absolute atomic E-state index is 6.41. The van der Waals surface area contributed by atoms with Crippen LogP contribution in [0.15, 0.2) is 24.3 Å². The van der Waals surface area contributed by atoms with E-state index >= 15 is 0 Å². The van der Waals surface area contributed by atoms with Crippen LogP contribution in [-0.2, 0) is 6.42 Å². The van der Waals surface area contributed by atoms with Crippen molar-refractivity contribution in [3.8, 4) is 0 Å². The topological polar surface area (TPSA) is 38.0 Å². The smallest absolute Gasteiger partial charge is 0.0364 e. The van der Waals surface area contributed by atoms with E-state index in [0.717, 1.165) is 13.0 Å². The quantitative estimate of drug-likeness (QED) is 0.791. The molecule has 3 N–H and O–H groups in total. The molecule has 94 valence electrons. The number of hydrogen-bond donors (Lipinski definition) is 2. The van der Waals surface area contributed by atoms with E-state index in [-0.39, 0.29) is 6.04 Å². The van der Waals surface area contributed by atoms with Gasteiger partial charge in [0.2, 0.25) is 0 Å². The summed E-state index contributed by atoms with van der Waals surface area (Å²) in [6, 6.07) is 9.07. The van der Waals surface area contributed by atoms with Gasteiger partial charge in [0.25, 0.3) is 0 Å². The Balaban J connectivity index is 2.06. The number of nitrogens with two attached hydrogens (primary N) is 1. The predicted octanol–water partition coefficient (Wildman–Crippen LogP) is 2.64. The van der Waals surface area contributed by atoms with Gasteiger partial charge < -0.3 is 11.1 Å². The van der Waals surface area contributed by atoms with Gasteiger partial charge in [-0.1, -0.05) is 37.6 Å². The molecule has 0 bridgehead atoms. The Morgan fingerprint density at radius 1 is 1.29 bits per heavy atom. The second kappa shape index (κ2) is 5.19. The summed E-state index contributed by atoms with van der Waals surface area (Å²) in [7, 11) is 2.01. The third kappa shape index (κ3) is 2.70. The highest BCUT2D eigenvalue weighted by molar-refractivity contribution is 5.28. The summed E-state index contributed by atoms with van der Waals surface area (Å²) in [5.74, 6) is 0. The maximum Gasteiger partial charge on any atom is 0.0364 e. The number of benzene rings is 1. The molecule has 17 heavy (non-hydrogen) atoms. The lowest BCUT2D eigenvalue weighted by molar-refractivity contribution is 0.392. The third-order valence-corrected chi connectivity index (χ3v) is 3.96. The number of aryl methyl sites for hydroxylation is 1. The first-order valence-electron chi connectivity index (χ1n) is 6.71. The standard InChI is InChI=1S/C15H24N2/c1-3-4-12-5-7-13(8-6-12)14(16)15(9-10-15)11-17-2/h5-8,14,17H,3-4,9-11,16H2,1-2H3. The average Bonchev–Trinajstić information content (AvgIpc) is 3.11. The van der Waals surface area contributed by atoms with Gasteiger partial charge in [0.15, 0.2) is 0 Å². The van der Waals surface area contributed by atoms with E-state index < -0.39 is 0 Å². The molecule has 1 saturated carbocycles. The minimum absolute atomic E-state index is 0.186. The van der Waals surface area contributed by atoms with Gasteiger partial charge in [0, 0.05) is 18.0 Å². The SMILES string of the molecule is CCCc1ccc(C(N)C2(CNC)CC2)cc1. The molecule has 1 fully saturated rings. The number of nitrogens with one attached hydrogen (secondary N) is 1. The summed E-state index contributed by atoms with van der Waals surface area (Å²) in [5, 5.41) is 3.27. The molecule has 1 atom stereocenters. The Kier molecular flexibility index (Phi) is 3.85. The van der Waals surface area contributed by atoms with E-state index in [9.17, 15) is 0 Å². The van der Waals surface area contributed by atoms with Crippen molar-refractivity contribution in [3.63, 3.8) is 0 Å². The van der Waals surface area contributed by atoms with Gasteiger partial charge >= 0.3 is 0 Å². The molecule has 0 spiro atoms. The van der Waals surface area contributed by atoms with Gasteiger partial charge in [-0.3, -0.25) is 0 Å². The molecule has 1 aliphatic carbocycles. The van der Waals surface area contributed by atoms with Gasteiger partial charge in [0.1, 0.15) is 0 Å². The van der Waals surface area contributed by atoms with Gasteiger partial charge in [-0.05, 0) is 37.4 Å². The zero-order chi connectivity index (χ0) is 12.3. The van der Waals surface area contributed by atoms with E-state index in [1.807, 2.05) is 7.05 Å². The van der Waals surface area contributed by atoms with E-state index in [0.29, 0.717) is 5.41 Å². The molecule has 1 aliphatic rings. The lowest BCUT2D eigenvalue weighted by Crippen LogP contribution is -2.31. The molecule has 1 unspecified atom stereocenters. The Bertz CT molecular complexity index is 352. The van der Waals surface area contributed by atoms with Crippen LogP contribution >= 0.6 is 0 Å². The van der Waals surface area contributed by atoms with Crippen LogP contribution in [0.4, 0.5) is 0 Å². The largest absolute Gasteiger partial charge is 0.323 e. The van der Waals surface area contributed by atoms with Crippen LogP contribution in [0.1, 0.15) is 43.4 Å². The van der Waals surface area contributed by atoms with Crippen molar-refractivity contribution in [2.75, 3.05) is 13.6 Å². The fraction of sp³-hybridized carbons (Fsp3) is 0.600. The maximum atomic E-state index is 6.41. The fourth-order valence-corrected chi connectivity index (χ4v) is 2.64. The van der Waals surface area contributed by atoms with Gasteiger partial charge in [-0.15, -0.1) is 0 Å². The molecule has 0 amide bonds. The Hall–Kier alpha value is -0.860. The Labute approximate surface area is 105 Å². The zero-order valence-corrected chi connectivity index (χ0v) is 11.0. The third-order valence-electron chi connectivity index (χ3n) is 3.96. The van der Waals surface area contributed by atoms with Crippen LogP contribution in [0.25, 0.3) is 0 Å². The molecule has 2 heteroatoms. The van der Waals surface area contributed by atoms with Crippen molar-refractivity contribution in [2.45, 2.75) is 38.6 Å². The zero-order valence-electron chi connectivity index (χ0n) is 11.0. The van der Waals surface area contributed by atoms with Crippen LogP contribution in [0.2, 0.25) is 0 Å². The van der Waals surface area contributed by atoms with Crippen molar-refractivity contribution in [1.29, 1.82) is 0 Å². The van der Waals surface area contributed by atoms with Crippen LogP contribution in [0.5, 0.6) is 0 Å². The van der Waals surface area contributed by atoms with Gasteiger partial charge in [-0.25, -0.2) is 0 Å². The van der Waals surface area contributed by atoms with Crippen LogP contribution in [0, 0.1) is 5.41 Å². The van der Waals surface area contributed by atoms with Crippen molar-refractivity contribution >= 4 is 0 Å². The van der Waals surface area contributed by atoms with Crippen LogP contribution in [-0.4, -0.2) is 13.6 Å². The molecule has 0 aliphatic heterocycles. The van der Waals surface area contributed by atoms with Crippen molar-refractivity contribution in [3.05, 3.63) is 35.4 Å². The molecule has 2 rings (SSSR count). The Morgan fingerprint density at radius 2 is 1.94 bits per heavy atom. The van der Waals surface area contributed by atoms with Crippen molar-refractivity contribution in [1.82, 2.24) is 5.32 Å². The molecule has 1 aromatic rings. The van der Waals surface area contributed by atoms with E-state index in [1.165, 1.54) is 30.4 Å². The minimum atomic E-state index is 0.186. The number of rotatable bonds is 6. The molecule has 0 aromatic heterocycles. The summed E-state index contributed by atoms with van der Waals surface area (Å²) in [6.45, 7) is 3.25. The van der Waals surface area contributed by atoms with Crippen LogP contribution in [0.3, 0.4) is 0 Å². The normalized spacial score (nSPS) is 19.0. The molecule has 1 aromatic carbocycles. The summed E-state index contributed by atoms with van der Waals surface area (Å²) in [5.41, 5.74) is 9.43. The Morgan fingerprint density at radius 3 is 2.41 bits per heavy atom. The highest BCUT2D eigenvalue weighted by Gasteiger charge is 2.47. The predicted molar refractivity (Wildman–Crippen MR) is 73.0 cm³/mol. The first-order chi connectivity index (χ1) is 8.22. The summed E-state index contributed by atoms with van der Waals surface area (Å²) in [6.07, 6.45) is 4.88. The van der Waals surface area contributed by atoms with E-state index in [2.05, 4.69) is 36.5 Å². The van der Waals surface area contributed by atoms with Crippen LogP contribution < -0.4 is 11.1 Å².